The minimum atomic E-state index is 0. The number of carbonyl (C=O) groups is 1. The molecule has 0 aliphatic carbocycles. The van der Waals surface area contributed by atoms with E-state index >= 15 is 0 Å². The normalized spacial score (nSPS) is 27.2. The topological polar surface area (TPSA) is 53.6 Å². The van der Waals surface area contributed by atoms with Gasteiger partial charge in [-0.05, 0) is 32.2 Å². The first-order chi connectivity index (χ1) is 9.63. The minimum Gasteiger partial charge on any atom is -0.378 e. The Labute approximate surface area is 146 Å². The van der Waals surface area contributed by atoms with E-state index < -0.39 is 0 Å². The van der Waals surface area contributed by atoms with Gasteiger partial charge in [-0.1, -0.05) is 6.92 Å². The molecule has 1 amide bonds. The summed E-state index contributed by atoms with van der Waals surface area (Å²) in [5.74, 6) is 0.917. The summed E-state index contributed by atoms with van der Waals surface area (Å²) in [4.78, 5) is 14.5. The number of nitrogens with zero attached hydrogens (tertiary/aromatic N) is 1. The van der Waals surface area contributed by atoms with Crippen molar-refractivity contribution < 1.29 is 9.53 Å². The first-order valence-electron chi connectivity index (χ1n) is 7.96. The predicted octanol–water partition coefficient (Wildman–Crippen LogP) is 1.45. The Balaban J connectivity index is 0.00000220. The molecule has 0 saturated carbocycles. The third-order valence-corrected chi connectivity index (χ3v) is 4.11. The molecule has 3 atom stereocenters. The lowest BCUT2D eigenvalue weighted by molar-refractivity contribution is -0.123. The Hall–Kier alpha value is -0.0700. The Morgan fingerprint density at radius 1 is 1.45 bits per heavy atom. The molecular formula is C15H31Cl2N3O2. The predicted molar refractivity (Wildman–Crippen MR) is 94.2 cm³/mol. The van der Waals surface area contributed by atoms with Gasteiger partial charge >= 0.3 is 0 Å². The molecule has 0 aromatic carbocycles. The molecule has 0 spiro atoms. The lowest BCUT2D eigenvalue weighted by Gasteiger charge is -2.33. The summed E-state index contributed by atoms with van der Waals surface area (Å²) in [5.41, 5.74) is 0. The molecule has 0 aromatic rings. The SMILES string of the molecule is CC1CCCN(CC(C)NC(=O)CC2COCCN2)C1.Cl.Cl. The lowest BCUT2D eigenvalue weighted by Crippen LogP contribution is -2.48. The van der Waals surface area contributed by atoms with E-state index in [1.807, 2.05) is 0 Å². The molecule has 2 saturated heterocycles. The molecule has 2 aliphatic heterocycles. The van der Waals surface area contributed by atoms with Crippen molar-refractivity contribution in [3.8, 4) is 0 Å². The van der Waals surface area contributed by atoms with Crippen LogP contribution in [0.3, 0.4) is 0 Å². The summed E-state index contributed by atoms with van der Waals surface area (Å²) in [6.45, 7) is 9.95. The molecule has 2 heterocycles. The number of hydrogen-bond donors (Lipinski definition) is 2. The molecule has 0 bridgehead atoms. The number of piperidine rings is 1. The van der Waals surface area contributed by atoms with Crippen molar-refractivity contribution in [1.29, 1.82) is 0 Å². The second-order valence-electron chi connectivity index (χ2n) is 6.41. The molecule has 7 heteroatoms. The Bertz CT molecular complexity index is 315. The first-order valence-corrected chi connectivity index (χ1v) is 7.96. The third kappa shape index (κ3) is 7.97. The van der Waals surface area contributed by atoms with Gasteiger partial charge in [-0.25, -0.2) is 0 Å². The fraction of sp³-hybridized carbons (Fsp3) is 0.933. The van der Waals surface area contributed by atoms with E-state index in [-0.39, 0.29) is 42.8 Å². The van der Waals surface area contributed by atoms with Crippen LogP contribution in [0.4, 0.5) is 0 Å². The molecule has 5 nitrogen and oxygen atoms in total. The van der Waals surface area contributed by atoms with Crippen molar-refractivity contribution in [1.82, 2.24) is 15.5 Å². The van der Waals surface area contributed by atoms with Crippen molar-refractivity contribution in [3.63, 3.8) is 0 Å². The zero-order valence-electron chi connectivity index (χ0n) is 13.7. The maximum atomic E-state index is 12.0. The number of ether oxygens (including phenoxy) is 1. The molecule has 2 N–H and O–H groups in total. The molecule has 3 unspecified atom stereocenters. The van der Waals surface area contributed by atoms with Crippen LogP contribution in [0.5, 0.6) is 0 Å². The second-order valence-corrected chi connectivity index (χ2v) is 6.41. The summed E-state index contributed by atoms with van der Waals surface area (Å²) in [6.07, 6.45) is 3.14. The van der Waals surface area contributed by atoms with Crippen LogP contribution in [0.25, 0.3) is 0 Å². The van der Waals surface area contributed by atoms with Gasteiger partial charge < -0.3 is 20.3 Å². The molecule has 2 aliphatic rings. The number of carbonyl (C=O) groups excluding carboxylic acids is 1. The number of halogens is 2. The van der Waals surface area contributed by atoms with Crippen molar-refractivity contribution in [2.24, 2.45) is 5.92 Å². The fourth-order valence-electron chi connectivity index (χ4n) is 3.19. The molecule has 2 fully saturated rings. The number of likely N-dealkylation sites (tertiary alicyclic amines) is 1. The van der Waals surface area contributed by atoms with Crippen LogP contribution in [-0.2, 0) is 9.53 Å². The van der Waals surface area contributed by atoms with Gasteiger partial charge in [0.25, 0.3) is 0 Å². The van der Waals surface area contributed by atoms with E-state index in [1.54, 1.807) is 0 Å². The Morgan fingerprint density at radius 2 is 2.23 bits per heavy atom. The van der Waals surface area contributed by atoms with E-state index in [1.165, 1.54) is 19.4 Å². The average molecular weight is 356 g/mol. The van der Waals surface area contributed by atoms with Gasteiger partial charge in [0.2, 0.25) is 5.91 Å². The van der Waals surface area contributed by atoms with Crippen LogP contribution in [0.15, 0.2) is 0 Å². The van der Waals surface area contributed by atoms with Crippen LogP contribution in [-0.4, -0.2) is 62.3 Å². The van der Waals surface area contributed by atoms with Gasteiger partial charge in [-0.15, -0.1) is 24.8 Å². The van der Waals surface area contributed by atoms with Crippen LogP contribution in [0, 0.1) is 5.92 Å². The van der Waals surface area contributed by atoms with Gasteiger partial charge in [-0.2, -0.15) is 0 Å². The lowest BCUT2D eigenvalue weighted by atomic mass is 10.00. The van der Waals surface area contributed by atoms with E-state index in [0.717, 1.165) is 32.2 Å². The maximum absolute atomic E-state index is 12.0. The van der Waals surface area contributed by atoms with E-state index in [2.05, 4.69) is 29.4 Å². The summed E-state index contributed by atoms with van der Waals surface area (Å²) in [5, 5.41) is 6.43. The smallest absolute Gasteiger partial charge is 0.221 e. The quantitative estimate of drug-likeness (QED) is 0.783. The number of morpholine rings is 1. The van der Waals surface area contributed by atoms with Gasteiger partial charge in [0.15, 0.2) is 0 Å². The third-order valence-electron chi connectivity index (χ3n) is 4.11. The number of nitrogens with one attached hydrogen (secondary N) is 2. The summed E-state index contributed by atoms with van der Waals surface area (Å²) >= 11 is 0. The highest BCUT2D eigenvalue weighted by molar-refractivity contribution is 5.85. The van der Waals surface area contributed by atoms with Gasteiger partial charge in [0.05, 0.1) is 13.2 Å². The van der Waals surface area contributed by atoms with Crippen molar-refractivity contribution in [2.75, 3.05) is 39.4 Å². The molecule has 132 valence electrons. The molecular weight excluding hydrogens is 325 g/mol. The molecule has 0 radical (unpaired) electrons. The van der Waals surface area contributed by atoms with Crippen LogP contribution in [0.2, 0.25) is 0 Å². The first kappa shape index (κ1) is 21.9. The Kier molecular flexibility index (Phi) is 11.4. The molecule has 22 heavy (non-hydrogen) atoms. The maximum Gasteiger partial charge on any atom is 0.221 e. The zero-order valence-corrected chi connectivity index (χ0v) is 15.3. The van der Waals surface area contributed by atoms with E-state index in [0.29, 0.717) is 13.0 Å². The number of rotatable bonds is 5. The summed E-state index contributed by atoms with van der Waals surface area (Å²) in [6, 6.07) is 0.392. The second kappa shape index (κ2) is 11.5. The van der Waals surface area contributed by atoms with Crippen molar-refractivity contribution in [3.05, 3.63) is 0 Å². The van der Waals surface area contributed by atoms with Gasteiger partial charge in [-0.3, -0.25) is 4.79 Å². The summed E-state index contributed by atoms with van der Waals surface area (Å²) < 4.78 is 5.37. The van der Waals surface area contributed by atoms with E-state index in [4.69, 9.17) is 4.74 Å². The monoisotopic (exact) mass is 355 g/mol. The van der Waals surface area contributed by atoms with Crippen LogP contribution in [0.1, 0.15) is 33.1 Å². The highest BCUT2D eigenvalue weighted by Crippen LogP contribution is 2.15. The Morgan fingerprint density at radius 3 is 2.86 bits per heavy atom. The van der Waals surface area contributed by atoms with Gasteiger partial charge in [0.1, 0.15) is 0 Å². The largest absolute Gasteiger partial charge is 0.378 e. The number of amides is 1. The molecule has 2 rings (SSSR count). The van der Waals surface area contributed by atoms with Crippen molar-refractivity contribution in [2.45, 2.75) is 45.2 Å². The average Bonchev–Trinajstić information content (AvgIpc) is 2.39. The highest BCUT2D eigenvalue weighted by atomic mass is 35.5. The minimum absolute atomic E-state index is 0. The standard InChI is InChI=1S/C15H29N3O2.2ClH/c1-12-4-3-6-18(9-12)10-13(2)17-15(19)8-14-11-20-7-5-16-14;;/h12-14,16H,3-11H2,1-2H3,(H,17,19);2*1H. The fourth-order valence-corrected chi connectivity index (χ4v) is 3.19. The van der Waals surface area contributed by atoms with Crippen LogP contribution >= 0.6 is 24.8 Å². The van der Waals surface area contributed by atoms with Crippen molar-refractivity contribution >= 4 is 30.7 Å². The number of hydrogen-bond acceptors (Lipinski definition) is 4. The van der Waals surface area contributed by atoms with E-state index in [9.17, 15) is 4.79 Å². The summed E-state index contributed by atoms with van der Waals surface area (Å²) in [7, 11) is 0. The molecule has 0 aromatic heterocycles. The highest BCUT2D eigenvalue weighted by Gasteiger charge is 2.21. The van der Waals surface area contributed by atoms with Crippen LogP contribution < -0.4 is 10.6 Å². The zero-order chi connectivity index (χ0) is 14.4. The van der Waals surface area contributed by atoms with Gasteiger partial charge in [0, 0.05) is 38.1 Å².